The van der Waals surface area contributed by atoms with Crippen LogP contribution in [0.5, 0.6) is 0 Å². The summed E-state index contributed by atoms with van der Waals surface area (Å²) in [5.41, 5.74) is 0.146. The molecule has 0 aliphatic carbocycles. The zero-order valence-electron chi connectivity index (χ0n) is 14.2. The average molecular weight is 369 g/mol. The SMILES string of the molecule is Cn1cc2cc(-c3ccccc3)oc2c(-c2cccc(C(F)(F)F)c2)c1=O. The van der Waals surface area contributed by atoms with Crippen LogP contribution in [0.1, 0.15) is 5.56 Å². The number of aryl methyl sites for hydroxylation is 1. The first kappa shape index (κ1) is 17.1. The monoisotopic (exact) mass is 369 g/mol. The highest BCUT2D eigenvalue weighted by Gasteiger charge is 2.31. The Balaban J connectivity index is 1.99. The van der Waals surface area contributed by atoms with Crippen LogP contribution in [0, 0.1) is 0 Å². The second kappa shape index (κ2) is 6.16. The number of fused-ring (bicyclic) bond motifs is 1. The lowest BCUT2D eigenvalue weighted by Gasteiger charge is -2.09. The number of furan rings is 1. The first-order valence-corrected chi connectivity index (χ1v) is 8.21. The quantitative estimate of drug-likeness (QED) is 0.469. The minimum Gasteiger partial charge on any atom is -0.455 e. The number of hydrogen-bond acceptors (Lipinski definition) is 2. The van der Waals surface area contributed by atoms with E-state index in [1.807, 2.05) is 30.3 Å². The van der Waals surface area contributed by atoms with Crippen LogP contribution in [0.3, 0.4) is 0 Å². The fraction of sp³-hybridized carbons (Fsp3) is 0.0952. The van der Waals surface area contributed by atoms with E-state index in [1.54, 1.807) is 19.3 Å². The summed E-state index contributed by atoms with van der Waals surface area (Å²) >= 11 is 0. The van der Waals surface area contributed by atoms with E-state index in [9.17, 15) is 18.0 Å². The molecular weight excluding hydrogens is 355 g/mol. The van der Waals surface area contributed by atoms with Crippen molar-refractivity contribution in [1.29, 1.82) is 0 Å². The molecule has 0 bridgehead atoms. The molecule has 2 heterocycles. The summed E-state index contributed by atoms with van der Waals surface area (Å²) < 4.78 is 46.5. The lowest BCUT2D eigenvalue weighted by molar-refractivity contribution is -0.137. The van der Waals surface area contributed by atoms with Crippen LogP contribution in [0.2, 0.25) is 0 Å². The van der Waals surface area contributed by atoms with Gasteiger partial charge >= 0.3 is 6.18 Å². The van der Waals surface area contributed by atoms with E-state index in [-0.39, 0.29) is 16.7 Å². The van der Waals surface area contributed by atoms with Crippen molar-refractivity contribution in [1.82, 2.24) is 4.57 Å². The van der Waals surface area contributed by atoms with Crippen LogP contribution >= 0.6 is 0 Å². The zero-order valence-corrected chi connectivity index (χ0v) is 14.2. The minimum atomic E-state index is -4.49. The van der Waals surface area contributed by atoms with Gasteiger partial charge in [0, 0.05) is 24.2 Å². The Labute approximate surface area is 152 Å². The Morgan fingerprint density at radius 1 is 0.926 bits per heavy atom. The van der Waals surface area contributed by atoms with Crippen molar-refractivity contribution in [3.63, 3.8) is 0 Å². The molecule has 3 nitrogen and oxygen atoms in total. The van der Waals surface area contributed by atoms with Crippen molar-refractivity contribution in [2.45, 2.75) is 6.18 Å². The molecule has 0 N–H and O–H groups in total. The Bertz CT molecular complexity index is 1190. The van der Waals surface area contributed by atoms with Gasteiger partial charge in [0.15, 0.2) is 0 Å². The van der Waals surface area contributed by atoms with Crippen LogP contribution in [0.15, 0.2) is 76.1 Å². The van der Waals surface area contributed by atoms with Gasteiger partial charge in [-0.1, -0.05) is 42.5 Å². The third-order valence-electron chi connectivity index (χ3n) is 4.39. The second-order valence-electron chi connectivity index (χ2n) is 6.26. The molecule has 0 spiro atoms. The molecule has 0 amide bonds. The molecule has 2 aromatic heterocycles. The van der Waals surface area contributed by atoms with E-state index in [0.717, 1.165) is 17.7 Å². The van der Waals surface area contributed by atoms with Crippen molar-refractivity contribution >= 4 is 11.0 Å². The van der Waals surface area contributed by atoms with E-state index in [1.165, 1.54) is 16.7 Å². The third-order valence-corrected chi connectivity index (χ3v) is 4.39. The maximum Gasteiger partial charge on any atom is 0.416 e. The number of pyridine rings is 1. The normalized spacial score (nSPS) is 11.9. The number of nitrogens with zero attached hydrogens (tertiary/aromatic N) is 1. The molecule has 0 fully saturated rings. The maximum absolute atomic E-state index is 13.1. The van der Waals surface area contributed by atoms with Crippen molar-refractivity contribution in [2.75, 3.05) is 0 Å². The molecule has 4 rings (SSSR count). The lowest BCUT2D eigenvalue weighted by atomic mass is 10.0. The molecule has 0 atom stereocenters. The molecule has 0 radical (unpaired) electrons. The van der Waals surface area contributed by atoms with E-state index < -0.39 is 17.3 Å². The molecule has 0 aliphatic rings. The molecule has 27 heavy (non-hydrogen) atoms. The van der Waals surface area contributed by atoms with Gasteiger partial charge in [-0.25, -0.2) is 0 Å². The van der Waals surface area contributed by atoms with Crippen LogP contribution in [-0.2, 0) is 13.2 Å². The first-order chi connectivity index (χ1) is 12.8. The minimum absolute atomic E-state index is 0.114. The van der Waals surface area contributed by atoms with Crippen molar-refractivity contribution < 1.29 is 17.6 Å². The van der Waals surface area contributed by atoms with Gasteiger partial charge in [-0.2, -0.15) is 13.2 Å². The molecule has 136 valence electrons. The van der Waals surface area contributed by atoms with Crippen LogP contribution in [-0.4, -0.2) is 4.57 Å². The highest BCUT2D eigenvalue weighted by molar-refractivity contribution is 5.94. The Hall–Kier alpha value is -3.28. The van der Waals surface area contributed by atoms with Crippen molar-refractivity contribution in [3.05, 3.63) is 82.8 Å². The largest absolute Gasteiger partial charge is 0.455 e. The third kappa shape index (κ3) is 3.03. The molecule has 2 aromatic carbocycles. The predicted molar refractivity (Wildman–Crippen MR) is 97.3 cm³/mol. The smallest absolute Gasteiger partial charge is 0.416 e. The standard InChI is InChI=1S/C21H14F3NO2/c1-25-12-15-11-17(13-6-3-2-4-7-13)27-19(15)18(20(25)26)14-8-5-9-16(10-14)21(22,23)24/h2-12H,1H3. The summed E-state index contributed by atoms with van der Waals surface area (Å²) in [4.78, 5) is 12.7. The van der Waals surface area contributed by atoms with Gasteiger partial charge in [0.1, 0.15) is 11.3 Å². The van der Waals surface area contributed by atoms with Crippen molar-refractivity contribution in [3.8, 4) is 22.5 Å². The first-order valence-electron chi connectivity index (χ1n) is 8.21. The summed E-state index contributed by atoms with van der Waals surface area (Å²) in [7, 11) is 1.56. The number of halogens is 3. The predicted octanol–water partition coefficient (Wildman–Crippen LogP) is 5.48. The molecule has 0 saturated carbocycles. The summed E-state index contributed by atoms with van der Waals surface area (Å²) in [6.45, 7) is 0. The molecule has 4 aromatic rings. The number of benzene rings is 2. The van der Waals surface area contributed by atoms with Gasteiger partial charge in [0.05, 0.1) is 11.1 Å². The van der Waals surface area contributed by atoms with E-state index in [4.69, 9.17) is 4.42 Å². The maximum atomic E-state index is 13.1. The van der Waals surface area contributed by atoms with E-state index in [2.05, 4.69) is 0 Å². The number of alkyl halides is 3. The Kier molecular flexibility index (Phi) is 3.91. The highest BCUT2D eigenvalue weighted by atomic mass is 19.4. The van der Waals surface area contributed by atoms with Crippen LogP contribution < -0.4 is 5.56 Å². The fourth-order valence-electron chi connectivity index (χ4n) is 3.09. The van der Waals surface area contributed by atoms with Gasteiger partial charge < -0.3 is 8.98 Å². The fourth-order valence-corrected chi connectivity index (χ4v) is 3.09. The van der Waals surface area contributed by atoms with E-state index >= 15 is 0 Å². The molecule has 0 aliphatic heterocycles. The second-order valence-corrected chi connectivity index (χ2v) is 6.26. The van der Waals surface area contributed by atoms with Gasteiger partial charge in [0.2, 0.25) is 0 Å². The lowest BCUT2D eigenvalue weighted by Crippen LogP contribution is -2.18. The molecular formula is C21H14F3NO2. The van der Waals surface area contributed by atoms with Gasteiger partial charge in [-0.3, -0.25) is 4.79 Å². The topological polar surface area (TPSA) is 35.1 Å². The Morgan fingerprint density at radius 3 is 2.33 bits per heavy atom. The summed E-state index contributed by atoms with van der Waals surface area (Å²) in [5.74, 6) is 0.546. The number of hydrogen-bond donors (Lipinski definition) is 0. The number of aromatic nitrogens is 1. The summed E-state index contributed by atoms with van der Waals surface area (Å²) in [6, 6.07) is 15.8. The molecule has 0 unspecified atom stereocenters. The van der Waals surface area contributed by atoms with Gasteiger partial charge in [-0.15, -0.1) is 0 Å². The van der Waals surface area contributed by atoms with E-state index in [0.29, 0.717) is 11.1 Å². The molecule has 0 saturated heterocycles. The van der Waals surface area contributed by atoms with Gasteiger partial charge in [-0.05, 0) is 23.8 Å². The number of rotatable bonds is 2. The van der Waals surface area contributed by atoms with Crippen LogP contribution in [0.4, 0.5) is 13.2 Å². The highest BCUT2D eigenvalue weighted by Crippen LogP contribution is 2.35. The zero-order chi connectivity index (χ0) is 19.2. The summed E-state index contributed by atoms with van der Waals surface area (Å²) in [6.07, 6.45) is -2.88. The van der Waals surface area contributed by atoms with Crippen LogP contribution in [0.25, 0.3) is 33.4 Å². The molecule has 6 heteroatoms. The van der Waals surface area contributed by atoms with Crippen molar-refractivity contribution in [2.24, 2.45) is 7.05 Å². The van der Waals surface area contributed by atoms with Gasteiger partial charge in [0.25, 0.3) is 5.56 Å². The Morgan fingerprint density at radius 2 is 1.63 bits per heavy atom. The summed E-state index contributed by atoms with van der Waals surface area (Å²) in [5, 5.41) is 0.642. The average Bonchev–Trinajstić information content (AvgIpc) is 3.06.